The first-order chi connectivity index (χ1) is 15.9. The van der Waals surface area contributed by atoms with Crippen LogP contribution in [-0.4, -0.2) is 40.3 Å². The van der Waals surface area contributed by atoms with Crippen LogP contribution in [0.3, 0.4) is 0 Å². The monoisotopic (exact) mass is 471 g/mol. The highest BCUT2D eigenvalue weighted by Gasteiger charge is 2.26. The van der Waals surface area contributed by atoms with Crippen molar-refractivity contribution in [3.8, 4) is 11.4 Å². The third-order valence-corrected chi connectivity index (χ3v) is 5.86. The first-order valence-electron chi connectivity index (χ1n) is 9.39. The summed E-state index contributed by atoms with van der Waals surface area (Å²) in [5, 5.41) is 14.2. The zero-order chi connectivity index (χ0) is 23.4. The van der Waals surface area contributed by atoms with E-state index >= 15 is 0 Å². The van der Waals surface area contributed by atoms with E-state index in [2.05, 4.69) is 20.8 Å². The van der Waals surface area contributed by atoms with Crippen LogP contribution in [0.4, 0.5) is 14.5 Å². The average molecular weight is 471 g/mol. The maximum absolute atomic E-state index is 13.1. The van der Waals surface area contributed by atoms with Crippen molar-refractivity contribution < 1.29 is 26.4 Å². The molecule has 0 radical (unpaired) electrons. The summed E-state index contributed by atoms with van der Waals surface area (Å²) in [4.78, 5) is 12.6. The summed E-state index contributed by atoms with van der Waals surface area (Å²) in [6.45, 7) is 0. The first-order valence-corrected chi connectivity index (χ1v) is 10.9. The second-order valence-corrected chi connectivity index (χ2v) is 8.53. The number of rotatable bonds is 7. The van der Waals surface area contributed by atoms with Gasteiger partial charge in [0.15, 0.2) is 5.82 Å². The average Bonchev–Trinajstić information content (AvgIpc) is 3.50. The molecule has 0 aliphatic heterocycles. The number of amides is 1. The van der Waals surface area contributed by atoms with E-state index in [-0.39, 0.29) is 11.4 Å². The molecule has 12 heteroatoms. The molecule has 0 fully saturated rings. The van der Waals surface area contributed by atoms with E-state index in [9.17, 15) is 22.0 Å². The molecule has 0 unspecified atom stereocenters. The zero-order valence-corrected chi connectivity index (χ0v) is 17.5. The van der Waals surface area contributed by atoms with Crippen LogP contribution in [0.1, 0.15) is 5.76 Å². The van der Waals surface area contributed by atoms with E-state index in [0.29, 0.717) is 17.1 Å². The summed E-state index contributed by atoms with van der Waals surface area (Å²) < 4.78 is 55.2. The first kappa shape index (κ1) is 22.0. The Hall–Kier alpha value is -4.19. The number of carbonyl (C=O) groups excluding carboxylic acids is 1. The Bertz CT molecular complexity index is 1380. The predicted molar refractivity (Wildman–Crippen MR) is 114 cm³/mol. The van der Waals surface area contributed by atoms with E-state index < -0.39 is 26.4 Å². The third kappa shape index (κ3) is 4.70. The number of hydrogen-bond acceptors (Lipinski definition) is 7. The number of carbonyl (C=O) groups is 1. The van der Waals surface area contributed by atoms with Gasteiger partial charge in [-0.2, -0.15) is 13.5 Å². The topological polar surface area (TPSA) is 120 Å². The van der Waals surface area contributed by atoms with Gasteiger partial charge in [-0.05, 0) is 46.8 Å². The quantitative estimate of drug-likeness (QED) is 0.409. The highest BCUT2D eigenvalue weighted by atomic mass is 32.2. The van der Waals surface area contributed by atoms with Gasteiger partial charge in [-0.3, -0.25) is 4.79 Å². The van der Waals surface area contributed by atoms with Crippen molar-refractivity contribution in [1.29, 1.82) is 0 Å². The fourth-order valence-corrected chi connectivity index (χ4v) is 3.59. The van der Waals surface area contributed by atoms with Crippen LogP contribution in [-0.2, 0) is 14.6 Å². The van der Waals surface area contributed by atoms with E-state index in [1.54, 1.807) is 36.4 Å². The van der Waals surface area contributed by atoms with Crippen molar-refractivity contribution in [2.24, 2.45) is 0 Å². The van der Waals surface area contributed by atoms with Gasteiger partial charge in [-0.25, -0.2) is 8.42 Å². The third-order valence-electron chi connectivity index (χ3n) is 4.46. The number of hydrogen-bond donors (Lipinski definition) is 1. The number of anilines is 1. The van der Waals surface area contributed by atoms with Gasteiger partial charge in [0.25, 0.3) is 5.91 Å². The predicted octanol–water partition coefficient (Wildman–Crippen LogP) is 3.57. The van der Waals surface area contributed by atoms with E-state index in [4.69, 9.17) is 4.42 Å². The van der Waals surface area contributed by atoms with E-state index in [1.807, 2.05) is 6.07 Å². The molecule has 0 aliphatic rings. The minimum atomic E-state index is -4.74. The van der Waals surface area contributed by atoms with Crippen LogP contribution < -0.4 is 5.32 Å². The van der Waals surface area contributed by atoms with Gasteiger partial charge in [-0.1, -0.05) is 30.3 Å². The Kier molecular flexibility index (Phi) is 6.09. The van der Waals surface area contributed by atoms with Gasteiger partial charge < -0.3 is 9.73 Å². The molecular formula is C21H15F2N5O4S. The van der Waals surface area contributed by atoms with Crippen LogP contribution in [0.25, 0.3) is 23.2 Å². The number of nitrogens with one attached hydrogen (secondary N) is 1. The summed E-state index contributed by atoms with van der Waals surface area (Å²) in [6.07, 6.45) is 2.86. The smallest absolute Gasteiger partial charge is 0.341 e. The molecule has 2 aromatic carbocycles. The van der Waals surface area contributed by atoms with Crippen LogP contribution in [0.5, 0.6) is 0 Å². The fraction of sp³-hybridized carbons (Fsp3) is 0.0476. The second-order valence-electron chi connectivity index (χ2n) is 6.61. The van der Waals surface area contributed by atoms with Crippen molar-refractivity contribution in [2.75, 3.05) is 5.32 Å². The number of aromatic nitrogens is 4. The molecule has 4 aromatic rings. The summed E-state index contributed by atoms with van der Waals surface area (Å²) in [6, 6.07) is 16.6. The molecule has 0 saturated heterocycles. The lowest BCUT2D eigenvalue weighted by Crippen LogP contribution is -2.19. The SMILES string of the molecule is O=C(Nc1ccc(S(=O)(=O)C(F)F)cc1)/C(=C\c1ccco1)n1nnnc1-c1ccccc1. The van der Waals surface area contributed by atoms with Gasteiger partial charge in [0, 0.05) is 17.3 Å². The number of tetrazole rings is 1. The molecule has 4 rings (SSSR count). The Morgan fingerprint density at radius 2 is 1.76 bits per heavy atom. The minimum absolute atomic E-state index is 0.00178. The maximum Gasteiger partial charge on any atom is 0.341 e. The molecule has 0 aliphatic carbocycles. The fourth-order valence-electron chi connectivity index (χ4n) is 2.87. The van der Waals surface area contributed by atoms with Gasteiger partial charge in [-0.15, -0.1) is 5.10 Å². The van der Waals surface area contributed by atoms with Crippen molar-refractivity contribution in [3.63, 3.8) is 0 Å². The Balaban J connectivity index is 1.68. The lowest BCUT2D eigenvalue weighted by Gasteiger charge is -2.11. The van der Waals surface area contributed by atoms with Gasteiger partial charge in [0.05, 0.1) is 11.2 Å². The summed E-state index contributed by atoms with van der Waals surface area (Å²) in [5.74, 6) is -3.55. The number of furan rings is 1. The Morgan fingerprint density at radius 3 is 2.39 bits per heavy atom. The standard InChI is InChI=1S/C21H15F2N5O4S/c22-21(23)33(30,31)17-10-8-15(9-11-17)24-20(29)18(13-16-7-4-12-32-16)28-19(25-26-27-28)14-5-2-1-3-6-14/h1-13,21H,(H,24,29)/b18-13+. The number of alkyl halides is 2. The zero-order valence-electron chi connectivity index (χ0n) is 16.7. The summed E-state index contributed by atoms with van der Waals surface area (Å²) in [7, 11) is -4.74. The van der Waals surface area contributed by atoms with Crippen LogP contribution >= 0.6 is 0 Å². The molecule has 168 valence electrons. The van der Waals surface area contributed by atoms with Gasteiger partial charge >= 0.3 is 5.76 Å². The van der Waals surface area contributed by atoms with Crippen molar-refractivity contribution in [1.82, 2.24) is 20.2 Å². The minimum Gasteiger partial charge on any atom is -0.465 e. The summed E-state index contributed by atoms with van der Waals surface area (Å²) >= 11 is 0. The molecular weight excluding hydrogens is 456 g/mol. The highest BCUT2D eigenvalue weighted by molar-refractivity contribution is 7.91. The molecule has 1 amide bonds. The molecule has 33 heavy (non-hydrogen) atoms. The number of sulfone groups is 1. The number of benzene rings is 2. The molecule has 0 spiro atoms. The number of nitrogens with zero attached hydrogens (tertiary/aromatic N) is 4. The largest absolute Gasteiger partial charge is 0.465 e. The Labute approximate surface area is 186 Å². The molecule has 1 N–H and O–H groups in total. The molecule has 0 saturated carbocycles. The Morgan fingerprint density at radius 1 is 1.03 bits per heavy atom. The summed E-state index contributed by atoms with van der Waals surface area (Å²) in [5.41, 5.74) is 0.827. The maximum atomic E-state index is 13.1. The molecule has 9 nitrogen and oxygen atoms in total. The molecule has 2 aromatic heterocycles. The van der Waals surface area contributed by atoms with Crippen molar-refractivity contribution in [3.05, 3.63) is 78.8 Å². The highest BCUT2D eigenvalue weighted by Crippen LogP contribution is 2.23. The van der Waals surface area contributed by atoms with Crippen LogP contribution in [0.2, 0.25) is 0 Å². The molecule has 0 atom stereocenters. The normalized spacial score (nSPS) is 12.2. The van der Waals surface area contributed by atoms with Crippen molar-refractivity contribution in [2.45, 2.75) is 10.7 Å². The lowest BCUT2D eigenvalue weighted by atomic mass is 10.2. The molecule has 0 bridgehead atoms. The van der Waals surface area contributed by atoms with Crippen LogP contribution in [0.15, 0.2) is 82.3 Å². The lowest BCUT2D eigenvalue weighted by molar-refractivity contribution is -0.111. The van der Waals surface area contributed by atoms with E-state index in [0.717, 1.165) is 12.1 Å². The van der Waals surface area contributed by atoms with E-state index in [1.165, 1.54) is 29.2 Å². The van der Waals surface area contributed by atoms with Crippen molar-refractivity contribution >= 4 is 33.2 Å². The van der Waals surface area contributed by atoms with Crippen LogP contribution in [0, 0.1) is 0 Å². The molecule has 2 heterocycles. The number of halogens is 2. The van der Waals surface area contributed by atoms with Gasteiger partial charge in [0.1, 0.15) is 11.5 Å². The van der Waals surface area contributed by atoms with Gasteiger partial charge in [0.2, 0.25) is 9.84 Å². The second kappa shape index (κ2) is 9.12.